The molecule has 5 atom stereocenters. The predicted molar refractivity (Wildman–Crippen MR) is 44.5 cm³/mol. The van der Waals surface area contributed by atoms with Crippen LogP contribution >= 0.6 is 0 Å². The molecule has 3 bridgehead atoms. The van der Waals surface area contributed by atoms with E-state index in [1.165, 1.54) is 6.42 Å². The summed E-state index contributed by atoms with van der Waals surface area (Å²) in [6, 6.07) is 0. The van der Waals surface area contributed by atoms with Gasteiger partial charge in [0.05, 0.1) is 11.7 Å². The molecule has 3 aliphatic rings. The summed E-state index contributed by atoms with van der Waals surface area (Å²) in [6.45, 7) is 0. The molecule has 2 N–H and O–H groups in total. The molecule has 12 heavy (non-hydrogen) atoms. The molecule has 0 heterocycles. The molecule has 0 aromatic heterocycles. The van der Waals surface area contributed by atoms with Gasteiger partial charge in [0.1, 0.15) is 0 Å². The van der Waals surface area contributed by atoms with Crippen molar-refractivity contribution in [1.29, 1.82) is 0 Å². The van der Waals surface area contributed by atoms with Crippen LogP contribution in [0.5, 0.6) is 0 Å². The molecular formula is C10H16O2. The van der Waals surface area contributed by atoms with Gasteiger partial charge in [0.25, 0.3) is 0 Å². The van der Waals surface area contributed by atoms with Gasteiger partial charge in [0, 0.05) is 5.92 Å². The maximum atomic E-state index is 10.2. The second-order valence-corrected chi connectivity index (χ2v) is 5.12. The van der Waals surface area contributed by atoms with E-state index in [0.717, 1.165) is 31.6 Å². The summed E-state index contributed by atoms with van der Waals surface area (Å²) in [7, 11) is 0. The van der Waals surface area contributed by atoms with Crippen molar-refractivity contribution >= 4 is 0 Å². The third-order valence-electron chi connectivity index (χ3n) is 4.27. The van der Waals surface area contributed by atoms with Gasteiger partial charge in [-0.3, -0.25) is 0 Å². The average molecular weight is 168 g/mol. The van der Waals surface area contributed by atoms with E-state index in [1.807, 2.05) is 0 Å². The number of rotatable bonds is 0. The number of aliphatic hydroxyl groups excluding tert-OH is 1. The van der Waals surface area contributed by atoms with Crippen molar-refractivity contribution in [3.63, 3.8) is 0 Å². The summed E-state index contributed by atoms with van der Waals surface area (Å²) in [6.07, 6.45) is 5.01. The molecule has 3 aliphatic carbocycles. The van der Waals surface area contributed by atoms with Crippen LogP contribution < -0.4 is 0 Å². The largest absolute Gasteiger partial charge is 0.393 e. The Morgan fingerprint density at radius 1 is 1.00 bits per heavy atom. The fourth-order valence-electron chi connectivity index (χ4n) is 3.98. The minimum Gasteiger partial charge on any atom is -0.393 e. The maximum Gasteiger partial charge on any atom is 0.0705 e. The second-order valence-electron chi connectivity index (χ2n) is 5.12. The van der Waals surface area contributed by atoms with Crippen molar-refractivity contribution in [2.75, 3.05) is 0 Å². The Balaban J connectivity index is 2.00. The molecular weight excluding hydrogens is 152 g/mol. The molecule has 3 saturated carbocycles. The van der Waals surface area contributed by atoms with Crippen LogP contribution in [0.25, 0.3) is 0 Å². The van der Waals surface area contributed by atoms with Crippen LogP contribution in [0.2, 0.25) is 0 Å². The Kier molecular flexibility index (Phi) is 1.25. The fourth-order valence-corrected chi connectivity index (χ4v) is 3.98. The lowest BCUT2D eigenvalue weighted by Gasteiger charge is -2.43. The minimum absolute atomic E-state index is 0.207. The highest BCUT2D eigenvalue weighted by atomic mass is 16.3. The number of aliphatic hydroxyl groups is 2. The minimum atomic E-state index is -0.467. The van der Waals surface area contributed by atoms with Gasteiger partial charge in [-0.15, -0.1) is 0 Å². The fraction of sp³-hybridized carbons (Fsp3) is 1.00. The highest BCUT2D eigenvalue weighted by Crippen LogP contribution is 2.57. The van der Waals surface area contributed by atoms with Crippen molar-refractivity contribution in [3.8, 4) is 0 Å². The Morgan fingerprint density at radius 3 is 2.42 bits per heavy atom. The Bertz CT molecular complexity index is 214. The zero-order valence-corrected chi connectivity index (χ0v) is 7.24. The van der Waals surface area contributed by atoms with E-state index < -0.39 is 5.60 Å². The van der Waals surface area contributed by atoms with E-state index >= 15 is 0 Å². The summed E-state index contributed by atoms with van der Waals surface area (Å²) >= 11 is 0. The summed E-state index contributed by atoms with van der Waals surface area (Å²) < 4.78 is 0. The molecule has 3 fully saturated rings. The van der Waals surface area contributed by atoms with Gasteiger partial charge in [-0.05, 0) is 43.9 Å². The third kappa shape index (κ3) is 0.775. The van der Waals surface area contributed by atoms with Crippen molar-refractivity contribution in [2.24, 2.45) is 17.8 Å². The first-order valence-electron chi connectivity index (χ1n) is 5.08. The van der Waals surface area contributed by atoms with Crippen LogP contribution in [0.1, 0.15) is 32.1 Å². The van der Waals surface area contributed by atoms with Crippen LogP contribution in [0, 0.1) is 17.8 Å². The lowest BCUT2D eigenvalue weighted by atomic mass is 9.68. The molecule has 3 rings (SSSR count). The van der Waals surface area contributed by atoms with Crippen LogP contribution in [-0.2, 0) is 0 Å². The van der Waals surface area contributed by atoms with E-state index in [9.17, 15) is 10.2 Å². The van der Waals surface area contributed by atoms with Gasteiger partial charge in [-0.25, -0.2) is 0 Å². The van der Waals surface area contributed by atoms with E-state index in [2.05, 4.69) is 0 Å². The highest BCUT2D eigenvalue weighted by Gasteiger charge is 2.56. The highest BCUT2D eigenvalue weighted by molar-refractivity contribution is 5.08. The molecule has 0 aliphatic heterocycles. The van der Waals surface area contributed by atoms with Crippen LogP contribution in [0.15, 0.2) is 0 Å². The zero-order chi connectivity index (χ0) is 8.34. The molecule has 0 aromatic carbocycles. The molecule has 2 heteroatoms. The molecule has 0 radical (unpaired) electrons. The van der Waals surface area contributed by atoms with Crippen LogP contribution in [-0.4, -0.2) is 21.9 Å². The maximum absolute atomic E-state index is 10.2. The van der Waals surface area contributed by atoms with Gasteiger partial charge in [0.15, 0.2) is 0 Å². The van der Waals surface area contributed by atoms with Crippen molar-refractivity contribution in [3.05, 3.63) is 0 Å². The van der Waals surface area contributed by atoms with Gasteiger partial charge in [0.2, 0.25) is 0 Å². The molecule has 0 aromatic rings. The van der Waals surface area contributed by atoms with Gasteiger partial charge in [-0.2, -0.15) is 0 Å². The molecule has 4 unspecified atom stereocenters. The summed E-state index contributed by atoms with van der Waals surface area (Å²) in [5.41, 5.74) is -0.467. The molecule has 0 spiro atoms. The molecule has 0 saturated heterocycles. The summed E-state index contributed by atoms with van der Waals surface area (Å²) in [5, 5.41) is 20.0. The van der Waals surface area contributed by atoms with Crippen molar-refractivity contribution in [1.82, 2.24) is 0 Å². The number of hydrogen-bond acceptors (Lipinski definition) is 2. The SMILES string of the molecule is O[C@@H]1CC2CC3CC1C(O)(C3)C2. The van der Waals surface area contributed by atoms with E-state index in [-0.39, 0.29) is 12.0 Å². The quantitative estimate of drug-likeness (QED) is 0.564. The first-order valence-corrected chi connectivity index (χ1v) is 5.08. The monoisotopic (exact) mass is 168 g/mol. The van der Waals surface area contributed by atoms with Gasteiger partial charge >= 0.3 is 0 Å². The Labute approximate surface area is 72.6 Å². The first-order chi connectivity index (χ1) is 5.67. The standard InChI is InChI=1S/C10H16O2/c11-9-3-7-1-6-2-8(9)10(12,4-6)5-7/h6-9,11-12H,1-5H2/t6?,7?,8?,9-,10?/m1/s1. The number of fused-ring (bicyclic) bond motifs is 2. The normalized spacial score (nSPS) is 62.5. The lowest BCUT2D eigenvalue weighted by molar-refractivity contribution is -0.111. The van der Waals surface area contributed by atoms with E-state index in [1.54, 1.807) is 0 Å². The van der Waals surface area contributed by atoms with E-state index in [4.69, 9.17) is 0 Å². The average Bonchev–Trinajstić information content (AvgIpc) is 2.11. The lowest BCUT2D eigenvalue weighted by Crippen LogP contribution is -2.48. The smallest absolute Gasteiger partial charge is 0.0705 e. The topological polar surface area (TPSA) is 40.5 Å². The van der Waals surface area contributed by atoms with Crippen molar-refractivity contribution < 1.29 is 10.2 Å². The number of hydrogen-bond donors (Lipinski definition) is 2. The zero-order valence-electron chi connectivity index (χ0n) is 7.24. The summed E-state index contributed by atoms with van der Waals surface area (Å²) in [4.78, 5) is 0. The molecule has 0 amide bonds. The van der Waals surface area contributed by atoms with E-state index in [0.29, 0.717) is 5.92 Å². The molecule has 68 valence electrons. The van der Waals surface area contributed by atoms with Gasteiger partial charge < -0.3 is 10.2 Å². The van der Waals surface area contributed by atoms with Crippen LogP contribution in [0.4, 0.5) is 0 Å². The predicted octanol–water partition coefficient (Wildman–Crippen LogP) is 0.918. The first kappa shape index (κ1) is 7.34. The summed E-state index contributed by atoms with van der Waals surface area (Å²) in [5.74, 6) is 1.54. The Morgan fingerprint density at radius 2 is 1.67 bits per heavy atom. The van der Waals surface area contributed by atoms with Gasteiger partial charge in [-0.1, -0.05) is 0 Å². The van der Waals surface area contributed by atoms with Crippen molar-refractivity contribution in [2.45, 2.75) is 43.8 Å². The third-order valence-corrected chi connectivity index (χ3v) is 4.27. The molecule has 2 nitrogen and oxygen atoms in total. The second kappa shape index (κ2) is 2.05. The Hall–Kier alpha value is -0.0800. The van der Waals surface area contributed by atoms with Crippen LogP contribution in [0.3, 0.4) is 0 Å².